The number of amides is 1. The highest BCUT2D eigenvalue weighted by atomic mass is 32.2. The van der Waals surface area contributed by atoms with Crippen molar-refractivity contribution in [3.63, 3.8) is 0 Å². The predicted octanol–water partition coefficient (Wildman–Crippen LogP) is 3.11. The van der Waals surface area contributed by atoms with Gasteiger partial charge in [0.25, 0.3) is 0 Å². The maximum atomic E-state index is 11.1. The summed E-state index contributed by atoms with van der Waals surface area (Å²) in [6.07, 6.45) is 6.72. The number of carbonyl (C=O) groups excluding carboxylic acids is 1. The van der Waals surface area contributed by atoms with Gasteiger partial charge in [0.1, 0.15) is 16.4 Å². The van der Waals surface area contributed by atoms with Crippen molar-refractivity contribution in [1.29, 1.82) is 0 Å². The van der Waals surface area contributed by atoms with Gasteiger partial charge >= 0.3 is 0 Å². The summed E-state index contributed by atoms with van der Waals surface area (Å²) in [5, 5.41) is 1.15. The molecule has 0 unspecified atom stereocenters. The Kier molecular flexibility index (Phi) is 6.61. The first-order valence-corrected chi connectivity index (χ1v) is 11.0. The Morgan fingerprint density at radius 3 is 2.52 bits per heavy atom. The number of anilines is 1. The molecule has 8 nitrogen and oxygen atoms in total. The number of hydrogen-bond donors (Lipinski definition) is 1. The molecule has 1 fully saturated rings. The number of benzene rings is 1. The molecule has 4 rings (SSSR count). The van der Waals surface area contributed by atoms with Crippen LogP contribution in [0.1, 0.15) is 25.0 Å². The standard InChI is InChI=1S/C22H24N6O2S/c1-30-21-20(28-10-6-3-7-11-28)19(15-8-4-2-5-9-15)26-22(27-21)31-18-14-24-16(13-25-18)12-17(23)29/h2,4-5,8-9,13-14H,3,6-7,10-12H2,1H3,(H2,23,29). The normalized spacial score (nSPS) is 13.8. The van der Waals surface area contributed by atoms with Crippen LogP contribution in [0.5, 0.6) is 5.88 Å². The first-order valence-electron chi connectivity index (χ1n) is 10.2. The number of nitrogens with two attached hydrogens (primary N) is 1. The molecule has 31 heavy (non-hydrogen) atoms. The van der Waals surface area contributed by atoms with Gasteiger partial charge < -0.3 is 15.4 Å². The number of ether oxygens (including phenoxy) is 1. The van der Waals surface area contributed by atoms with Gasteiger partial charge in [0.2, 0.25) is 11.8 Å². The number of hydrogen-bond acceptors (Lipinski definition) is 8. The van der Waals surface area contributed by atoms with E-state index in [0.717, 1.165) is 42.9 Å². The van der Waals surface area contributed by atoms with E-state index >= 15 is 0 Å². The topological polar surface area (TPSA) is 107 Å². The van der Waals surface area contributed by atoms with E-state index in [2.05, 4.69) is 19.9 Å². The smallest absolute Gasteiger partial charge is 0.242 e. The molecule has 1 aromatic carbocycles. The van der Waals surface area contributed by atoms with Gasteiger partial charge in [-0.05, 0) is 31.0 Å². The zero-order valence-electron chi connectivity index (χ0n) is 17.3. The van der Waals surface area contributed by atoms with Crippen LogP contribution in [0.3, 0.4) is 0 Å². The van der Waals surface area contributed by atoms with Crippen molar-refractivity contribution in [2.24, 2.45) is 5.73 Å². The number of carbonyl (C=O) groups is 1. The fourth-order valence-electron chi connectivity index (χ4n) is 3.56. The van der Waals surface area contributed by atoms with Gasteiger partial charge in [-0.2, -0.15) is 4.98 Å². The Labute approximate surface area is 185 Å². The zero-order valence-corrected chi connectivity index (χ0v) is 18.1. The molecular weight excluding hydrogens is 412 g/mol. The van der Waals surface area contributed by atoms with Crippen molar-refractivity contribution in [2.75, 3.05) is 25.1 Å². The number of primary amides is 1. The van der Waals surface area contributed by atoms with Gasteiger partial charge in [-0.1, -0.05) is 30.3 Å². The van der Waals surface area contributed by atoms with Gasteiger partial charge in [0, 0.05) is 18.7 Å². The zero-order chi connectivity index (χ0) is 21.6. The largest absolute Gasteiger partial charge is 0.479 e. The minimum absolute atomic E-state index is 0.0605. The Balaban J connectivity index is 1.71. The van der Waals surface area contributed by atoms with Gasteiger partial charge in [0.15, 0.2) is 5.16 Å². The maximum absolute atomic E-state index is 11.1. The fraction of sp³-hybridized carbons (Fsp3) is 0.318. The van der Waals surface area contributed by atoms with Crippen molar-refractivity contribution in [3.8, 4) is 17.1 Å². The molecule has 3 aromatic rings. The first kappa shape index (κ1) is 21.0. The van der Waals surface area contributed by atoms with Gasteiger partial charge in [0.05, 0.1) is 31.6 Å². The molecule has 0 bridgehead atoms. The third-order valence-electron chi connectivity index (χ3n) is 4.98. The van der Waals surface area contributed by atoms with Crippen LogP contribution in [0, 0.1) is 0 Å². The van der Waals surface area contributed by atoms with Gasteiger partial charge in [-0.15, -0.1) is 0 Å². The Bertz CT molecular complexity index is 1040. The molecule has 0 aliphatic carbocycles. The first-order chi connectivity index (χ1) is 15.1. The van der Waals surface area contributed by atoms with Crippen LogP contribution in [0.15, 0.2) is 52.9 Å². The van der Waals surface area contributed by atoms with E-state index in [-0.39, 0.29) is 6.42 Å². The summed E-state index contributed by atoms with van der Waals surface area (Å²) < 4.78 is 5.71. The molecule has 2 aromatic heterocycles. The predicted molar refractivity (Wildman–Crippen MR) is 119 cm³/mol. The fourth-order valence-corrected chi connectivity index (χ4v) is 4.22. The van der Waals surface area contributed by atoms with Crippen LogP contribution in [0.4, 0.5) is 5.69 Å². The van der Waals surface area contributed by atoms with Crippen molar-refractivity contribution >= 4 is 23.4 Å². The van der Waals surface area contributed by atoms with Crippen molar-refractivity contribution in [3.05, 3.63) is 48.4 Å². The van der Waals surface area contributed by atoms with E-state index < -0.39 is 5.91 Å². The highest BCUT2D eigenvalue weighted by Crippen LogP contribution is 2.39. The second-order valence-corrected chi connectivity index (χ2v) is 8.21. The van der Waals surface area contributed by atoms with E-state index in [4.69, 9.17) is 15.5 Å². The van der Waals surface area contributed by atoms with Gasteiger partial charge in [-0.25, -0.2) is 9.97 Å². The Hall–Kier alpha value is -3.20. The van der Waals surface area contributed by atoms with Gasteiger partial charge in [-0.3, -0.25) is 9.78 Å². The maximum Gasteiger partial charge on any atom is 0.242 e. The number of methoxy groups -OCH3 is 1. The molecule has 1 aliphatic heterocycles. The average molecular weight is 437 g/mol. The number of nitrogens with zero attached hydrogens (tertiary/aromatic N) is 5. The lowest BCUT2D eigenvalue weighted by molar-refractivity contribution is -0.117. The van der Waals surface area contributed by atoms with Crippen LogP contribution in [-0.4, -0.2) is 46.0 Å². The van der Waals surface area contributed by atoms with Crippen LogP contribution in [-0.2, 0) is 11.2 Å². The third kappa shape index (κ3) is 5.11. The molecular formula is C22H24N6O2S. The second kappa shape index (κ2) is 9.74. The lowest BCUT2D eigenvalue weighted by atomic mass is 10.1. The highest BCUT2D eigenvalue weighted by molar-refractivity contribution is 7.99. The summed E-state index contributed by atoms with van der Waals surface area (Å²) in [6, 6.07) is 10.1. The average Bonchev–Trinajstić information content (AvgIpc) is 2.80. The summed E-state index contributed by atoms with van der Waals surface area (Å²) in [4.78, 5) is 31.5. The molecule has 0 spiro atoms. The van der Waals surface area contributed by atoms with E-state index in [1.807, 2.05) is 30.3 Å². The van der Waals surface area contributed by atoms with Crippen molar-refractivity contribution < 1.29 is 9.53 Å². The minimum Gasteiger partial charge on any atom is -0.479 e. The number of aromatic nitrogens is 4. The van der Waals surface area contributed by atoms with Crippen molar-refractivity contribution in [1.82, 2.24) is 19.9 Å². The Morgan fingerprint density at radius 1 is 1.10 bits per heavy atom. The summed E-state index contributed by atoms with van der Waals surface area (Å²) in [5.74, 6) is 0.111. The molecule has 1 amide bonds. The van der Waals surface area contributed by atoms with E-state index in [0.29, 0.717) is 21.8 Å². The number of piperidine rings is 1. The molecule has 9 heteroatoms. The molecule has 2 N–H and O–H groups in total. The summed E-state index contributed by atoms with van der Waals surface area (Å²) in [6.45, 7) is 1.91. The monoisotopic (exact) mass is 436 g/mol. The summed E-state index contributed by atoms with van der Waals surface area (Å²) in [5.41, 5.74) is 8.53. The highest BCUT2D eigenvalue weighted by Gasteiger charge is 2.24. The van der Waals surface area contributed by atoms with Crippen LogP contribution in [0.2, 0.25) is 0 Å². The van der Waals surface area contributed by atoms with Crippen LogP contribution in [0.25, 0.3) is 11.3 Å². The Morgan fingerprint density at radius 2 is 1.87 bits per heavy atom. The lowest BCUT2D eigenvalue weighted by Gasteiger charge is -2.31. The van der Waals surface area contributed by atoms with E-state index in [9.17, 15) is 4.79 Å². The SMILES string of the molecule is COc1nc(Sc2cnc(CC(N)=O)cn2)nc(-c2ccccc2)c1N1CCCCC1. The van der Waals surface area contributed by atoms with E-state index in [1.54, 1.807) is 19.5 Å². The van der Waals surface area contributed by atoms with Crippen LogP contribution >= 0.6 is 11.8 Å². The lowest BCUT2D eigenvalue weighted by Crippen LogP contribution is -2.30. The molecule has 160 valence electrons. The summed E-state index contributed by atoms with van der Waals surface area (Å²) >= 11 is 1.30. The van der Waals surface area contributed by atoms with Crippen molar-refractivity contribution in [2.45, 2.75) is 35.9 Å². The molecule has 1 saturated heterocycles. The van der Waals surface area contributed by atoms with E-state index in [1.165, 1.54) is 18.2 Å². The van der Waals surface area contributed by atoms with Crippen LogP contribution < -0.4 is 15.4 Å². The minimum atomic E-state index is -0.441. The molecule has 0 saturated carbocycles. The molecule has 0 atom stereocenters. The molecule has 3 heterocycles. The molecule has 0 radical (unpaired) electrons. The number of rotatable bonds is 7. The second-order valence-electron chi connectivity index (χ2n) is 7.22. The third-order valence-corrected chi connectivity index (χ3v) is 5.76. The quantitative estimate of drug-likeness (QED) is 0.563. The summed E-state index contributed by atoms with van der Waals surface area (Å²) in [7, 11) is 1.64. The molecule has 1 aliphatic rings.